The third-order valence-electron chi connectivity index (χ3n) is 2.26. The summed E-state index contributed by atoms with van der Waals surface area (Å²) in [5.74, 6) is 1.02. The second-order valence-corrected chi connectivity index (χ2v) is 4.95. The molecule has 1 aromatic carbocycles. The van der Waals surface area contributed by atoms with Gasteiger partial charge in [-0.2, -0.15) is 0 Å². The first-order valence-electron chi connectivity index (χ1n) is 6.35. The molecule has 0 fully saturated rings. The van der Waals surface area contributed by atoms with E-state index in [2.05, 4.69) is 24.5 Å². The lowest BCUT2D eigenvalue weighted by atomic mass is 10.2. The molecule has 2 N–H and O–H groups in total. The van der Waals surface area contributed by atoms with Crippen LogP contribution in [0.25, 0.3) is 0 Å². The van der Waals surface area contributed by atoms with Gasteiger partial charge in [-0.25, -0.2) is 0 Å². The van der Waals surface area contributed by atoms with Crippen LogP contribution in [0.1, 0.15) is 31.1 Å². The Morgan fingerprint density at radius 3 is 2.47 bits per heavy atom. The molecule has 0 aromatic heterocycles. The average Bonchev–Trinajstić information content (AvgIpc) is 2.37. The van der Waals surface area contributed by atoms with Crippen molar-refractivity contribution >= 4 is 23.2 Å². The SMILES string of the molecule is CCNC(=S)NC(=O)c1ccc(OCC(C)C)cc1. The monoisotopic (exact) mass is 280 g/mol. The standard InChI is InChI=1S/C14H20N2O2S/c1-4-15-14(19)16-13(17)11-5-7-12(8-6-11)18-9-10(2)3/h5-8,10H,4,9H2,1-3H3,(H2,15,16,17,19). The second kappa shape index (κ2) is 7.74. The molecule has 4 nitrogen and oxygen atoms in total. The highest BCUT2D eigenvalue weighted by Gasteiger charge is 2.07. The van der Waals surface area contributed by atoms with Crippen LogP contribution in [0, 0.1) is 5.92 Å². The van der Waals surface area contributed by atoms with Crippen LogP contribution in [0.15, 0.2) is 24.3 Å². The van der Waals surface area contributed by atoms with Crippen molar-refractivity contribution in [2.75, 3.05) is 13.2 Å². The highest BCUT2D eigenvalue weighted by atomic mass is 32.1. The number of carbonyl (C=O) groups excluding carboxylic acids is 1. The van der Waals surface area contributed by atoms with E-state index < -0.39 is 0 Å². The molecule has 0 unspecified atom stereocenters. The van der Waals surface area contributed by atoms with E-state index in [-0.39, 0.29) is 5.91 Å². The van der Waals surface area contributed by atoms with Gasteiger partial charge in [-0.05, 0) is 49.3 Å². The van der Waals surface area contributed by atoms with Crippen LogP contribution < -0.4 is 15.4 Å². The lowest BCUT2D eigenvalue weighted by Gasteiger charge is -2.10. The van der Waals surface area contributed by atoms with E-state index >= 15 is 0 Å². The highest BCUT2D eigenvalue weighted by molar-refractivity contribution is 7.80. The Balaban J connectivity index is 2.55. The van der Waals surface area contributed by atoms with Crippen LogP contribution >= 0.6 is 12.2 Å². The smallest absolute Gasteiger partial charge is 0.257 e. The summed E-state index contributed by atoms with van der Waals surface area (Å²) in [5.41, 5.74) is 0.553. The van der Waals surface area contributed by atoms with Gasteiger partial charge in [0, 0.05) is 12.1 Å². The Labute approximate surface area is 119 Å². The molecule has 0 spiro atoms. The minimum Gasteiger partial charge on any atom is -0.493 e. The zero-order chi connectivity index (χ0) is 14.3. The predicted molar refractivity (Wildman–Crippen MR) is 80.5 cm³/mol. The van der Waals surface area contributed by atoms with E-state index in [1.54, 1.807) is 24.3 Å². The number of ether oxygens (including phenoxy) is 1. The first kappa shape index (κ1) is 15.4. The molecule has 0 heterocycles. The maximum absolute atomic E-state index is 11.8. The van der Waals surface area contributed by atoms with Gasteiger partial charge in [0.2, 0.25) is 0 Å². The zero-order valence-electron chi connectivity index (χ0n) is 11.5. The summed E-state index contributed by atoms with van der Waals surface area (Å²) < 4.78 is 5.55. The fourth-order valence-corrected chi connectivity index (χ4v) is 1.58. The summed E-state index contributed by atoms with van der Waals surface area (Å²) in [4.78, 5) is 11.8. The Bertz CT molecular complexity index is 430. The predicted octanol–water partition coefficient (Wildman–Crippen LogP) is 2.35. The molecule has 1 amide bonds. The number of carbonyl (C=O) groups is 1. The third-order valence-corrected chi connectivity index (χ3v) is 2.51. The molecular formula is C14H20N2O2S. The van der Waals surface area contributed by atoms with Gasteiger partial charge in [0.25, 0.3) is 5.91 Å². The molecule has 1 aromatic rings. The van der Waals surface area contributed by atoms with Crippen molar-refractivity contribution in [2.45, 2.75) is 20.8 Å². The number of benzene rings is 1. The number of hydrogen-bond donors (Lipinski definition) is 2. The number of thiocarbonyl (C=S) groups is 1. The lowest BCUT2D eigenvalue weighted by Crippen LogP contribution is -2.38. The van der Waals surface area contributed by atoms with Crippen molar-refractivity contribution in [1.82, 2.24) is 10.6 Å². The first-order valence-corrected chi connectivity index (χ1v) is 6.75. The maximum Gasteiger partial charge on any atom is 0.257 e. The molecule has 1 rings (SSSR count). The topological polar surface area (TPSA) is 50.4 Å². The van der Waals surface area contributed by atoms with E-state index in [1.807, 2.05) is 6.92 Å². The highest BCUT2D eigenvalue weighted by Crippen LogP contribution is 2.13. The van der Waals surface area contributed by atoms with Gasteiger partial charge in [-0.1, -0.05) is 13.8 Å². The Hall–Kier alpha value is -1.62. The average molecular weight is 280 g/mol. The number of nitrogens with one attached hydrogen (secondary N) is 2. The molecule has 5 heteroatoms. The van der Waals surface area contributed by atoms with Gasteiger partial charge >= 0.3 is 0 Å². The van der Waals surface area contributed by atoms with Crippen LogP contribution in [0.5, 0.6) is 5.75 Å². The van der Waals surface area contributed by atoms with E-state index in [4.69, 9.17) is 17.0 Å². The number of amides is 1. The molecule has 0 saturated carbocycles. The van der Waals surface area contributed by atoms with Crippen LogP contribution in [-0.2, 0) is 0 Å². The van der Waals surface area contributed by atoms with Crippen LogP contribution in [-0.4, -0.2) is 24.2 Å². The van der Waals surface area contributed by atoms with Crippen molar-refractivity contribution in [3.8, 4) is 5.75 Å². The van der Waals surface area contributed by atoms with Crippen LogP contribution in [0.2, 0.25) is 0 Å². The maximum atomic E-state index is 11.8. The van der Waals surface area contributed by atoms with Gasteiger partial charge in [-0.3, -0.25) is 10.1 Å². The largest absolute Gasteiger partial charge is 0.493 e. The van der Waals surface area contributed by atoms with Crippen LogP contribution in [0.4, 0.5) is 0 Å². The molecule has 0 aliphatic heterocycles. The summed E-state index contributed by atoms with van der Waals surface area (Å²) in [6, 6.07) is 7.01. The Kier molecular flexibility index (Phi) is 6.29. The summed E-state index contributed by atoms with van der Waals surface area (Å²) in [6.07, 6.45) is 0. The van der Waals surface area contributed by atoms with E-state index in [0.29, 0.717) is 29.7 Å². The first-order chi connectivity index (χ1) is 9.02. The summed E-state index contributed by atoms with van der Waals surface area (Å²) >= 11 is 4.96. The normalized spacial score (nSPS) is 10.1. The second-order valence-electron chi connectivity index (χ2n) is 4.54. The Morgan fingerprint density at radius 2 is 1.95 bits per heavy atom. The minimum atomic E-state index is -0.221. The molecular weight excluding hydrogens is 260 g/mol. The van der Waals surface area contributed by atoms with Crippen molar-refractivity contribution in [3.05, 3.63) is 29.8 Å². The number of hydrogen-bond acceptors (Lipinski definition) is 3. The molecule has 0 radical (unpaired) electrons. The summed E-state index contributed by atoms with van der Waals surface area (Å²) in [5, 5.41) is 5.81. The van der Waals surface area contributed by atoms with Gasteiger partial charge in [-0.15, -0.1) is 0 Å². The van der Waals surface area contributed by atoms with Crippen LogP contribution in [0.3, 0.4) is 0 Å². The van der Waals surface area contributed by atoms with Crippen molar-refractivity contribution in [2.24, 2.45) is 5.92 Å². The third kappa shape index (κ3) is 5.70. The fourth-order valence-electron chi connectivity index (χ4n) is 1.35. The summed E-state index contributed by atoms with van der Waals surface area (Å²) in [6.45, 7) is 7.43. The minimum absolute atomic E-state index is 0.221. The van der Waals surface area contributed by atoms with Crippen molar-refractivity contribution in [1.29, 1.82) is 0 Å². The van der Waals surface area contributed by atoms with Gasteiger partial charge in [0.05, 0.1) is 6.61 Å². The fraction of sp³-hybridized carbons (Fsp3) is 0.429. The molecule has 0 atom stereocenters. The molecule has 19 heavy (non-hydrogen) atoms. The lowest BCUT2D eigenvalue weighted by molar-refractivity contribution is 0.0976. The van der Waals surface area contributed by atoms with E-state index in [9.17, 15) is 4.79 Å². The van der Waals surface area contributed by atoms with Gasteiger partial charge in [0.1, 0.15) is 5.75 Å². The molecule has 104 valence electrons. The molecule has 0 saturated heterocycles. The van der Waals surface area contributed by atoms with Crippen molar-refractivity contribution in [3.63, 3.8) is 0 Å². The molecule has 0 bridgehead atoms. The van der Waals surface area contributed by atoms with Gasteiger partial charge in [0.15, 0.2) is 5.11 Å². The quantitative estimate of drug-likeness (QED) is 0.813. The Morgan fingerprint density at radius 1 is 1.32 bits per heavy atom. The summed E-state index contributed by atoms with van der Waals surface area (Å²) in [7, 11) is 0. The van der Waals surface area contributed by atoms with Gasteiger partial charge < -0.3 is 10.1 Å². The van der Waals surface area contributed by atoms with E-state index in [0.717, 1.165) is 5.75 Å². The molecule has 0 aliphatic rings. The zero-order valence-corrected chi connectivity index (χ0v) is 12.3. The molecule has 0 aliphatic carbocycles. The van der Waals surface area contributed by atoms with E-state index in [1.165, 1.54) is 0 Å². The van der Waals surface area contributed by atoms with Crippen molar-refractivity contribution < 1.29 is 9.53 Å². The number of rotatable bonds is 5.